The van der Waals surface area contributed by atoms with Crippen molar-refractivity contribution in [2.75, 3.05) is 18.4 Å². The zero-order valence-electron chi connectivity index (χ0n) is 14.3. The molecular formula is C18H18F3N3O2. The molecule has 26 heavy (non-hydrogen) atoms. The van der Waals surface area contributed by atoms with Crippen molar-refractivity contribution in [2.24, 2.45) is 0 Å². The van der Waals surface area contributed by atoms with Crippen LogP contribution in [0.1, 0.15) is 16.8 Å². The van der Waals surface area contributed by atoms with E-state index < -0.39 is 11.9 Å². The Balaban J connectivity index is 1.53. The molecule has 1 N–H and O–H groups in total. The third kappa shape index (κ3) is 4.25. The number of anilines is 1. The number of aryl methyl sites for hydroxylation is 2. The van der Waals surface area contributed by atoms with E-state index in [-0.39, 0.29) is 31.1 Å². The SMILES string of the molecule is Cc1cc(C)cc(NC(=O)N2CC(Oc3cccc(C(F)(F)F)n3)C2)c1. The number of aromatic nitrogens is 1. The first-order valence-corrected chi connectivity index (χ1v) is 8.06. The summed E-state index contributed by atoms with van der Waals surface area (Å²) < 4.78 is 43.4. The van der Waals surface area contributed by atoms with Gasteiger partial charge in [-0.2, -0.15) is 13.2 Å². The lowest BCUT2D eigenvalue weighted by Gasteiger charge is -2.38. The highest BCUT2D eigenvalue weighted by Crippen LogP contribution is 2.29. The molecule has 138 valence electrons. The number of urea groups is 1. The van der Waals surface area contributed by atoms with E-state index in [4.69, 9.17) is 4.74 Å². The van der Waals surface area contributed by atoms with Crippen LogP contribution in [0, 0.1) is 13.8 Å². The Kier molecular flexibility index (Phi) is 4.76. The van der Waals surface area contributed by atoms with Gasteiger partial charge in [-0.1, -0.05) is 12.1 Å². The molecule has 3 rings (SSSR count). The molecule has 0 atom stereocenters. The van der Waals surface area contributed by atoms with Crippen LogP contribution in [0.15, 0.2) is 36.4 Å². The molecule has 0 radical (unpaired) electrons. The van der Waals surface area contributed by atoms with Gasteiger partial charge in [0.15, 0.2) is 0 Å². The quantitative estimate of drug-likeness (QED) is 0.894. The van der Waals surface area contributed by atoms with E-state index in [1.54, 1.807) is 0 Å². The fourth-order valence-electron chi connectivity index (χ4n) is 2.74. The number of carbonyl (C=O) groups excluding carboxylic acids is 1. The Morgan fingerprint density at radius 3 is 2.46 bits per heavy atom. The summed E-state index contributed by atoms with van der Waals surface area (Å²) >= 11 is 0. The molecule has 0 spiro atoms. The van der Waals surface area contributed by atoms with Crippen molar-refractivity contribution < 1.29 is 22.7 Å². The molecule has 2 amide bonds. The van der Waals surface area contributed by atoms with E-state index in [2.05, 4.69) is 10.3 Å². The number of carbonyl (C=O) groups is 1. The largest absolute Gasteiger partial charge is 0.471 e. The normalized spacial score (nSPS) is 14.7. The first kappa shape index (κ1) is 18.0. The van der Waals surface area contributed by atoms with E-state index in [0.29, 0.717) is 5.69 Å². The van der Waals surface area contributed by atoms with Gasteiger partial charge in [-0.3, -0.25) is 0 Å². The van der Waals surface area contributed by atoms with Gasteiger partial charge in [0.05, 0.1) is 13.1 Å². The number of likely N-dealkylation sites (tertiary alicyclic amines) is 1. The van der Waals surface area contributed by atoms with E-state index in [1.165, 1.54) is 17.0 Å². The number of pyridine rings is 1. The predicted molar refractivity (Wildman–Crippen MR) is 90.2 cm³/mol. The maximum absolute atomic E-state index is 12.7. The van der Waals surface area contributed by atoms with Crippen molar-refractivity contribution in [3.63, 3.8) is 0 Å². The number of benzene rings is 1. The molecule has 8 heteroatoms. The van der Waals surface area contributed by atoms with Crippen LogP contribution in [0.4, 0.5) is 23.7 Å². The molecule has 1 aromatic carbocycles. The van der Waals surface area contributed by atoms with Crippen LogP contribution in [0.25, 0.3) is 0 Å². The van der Waals surface area contributed by atoms with Crippen LogP contribution in [-0.2, 0) is 6.18 Å². The van der Waals surface area contributed by atoms with Crippen LogP contribution in [0.2, 0.25) is 0 Å². The summed E-state index contributed by atoms with van der Waals surface area (Å²) in [6.45, 7) is 4.46. The zero-order chi connectivity index (χ0) is 18.9. The minimum Gasteiger partial charge on any atom is -0.471 e. The first-order chi connectivity index (χ1) is 12.2. The molecule has 2 heterocycles. The van der Waals surface area contributed by atoms with Gasteiger partial charge in [0.25, 0.3) is 0 Å². The minimum absolute atomic E-state index is 0.0980. The van der Waals surface area contributed by atoms with Crippen molar-refractivity contribution in [1.82, 2.24) is 9.88 Å². The third-order valence-corrected chi connectivity index (χ3v) is 3.91. The summed E-state index contributed by atoms with van der Waals surface area (Å²) in [6.07, 6.45) is -4.90. The van der Waals surface area contributed by atoms with Crippen LogP contribution < -0.4 is 10.1 Å². The molecule has 1 aromatic heterocycles. The second-order valence-corrected chi connectivity index (χ2v) is 6.31. The molecule has 5 nitrogen and oxygen atoms in total. The van der Waals surface area contributed by atoms with E-state index in [1.807, 2.05) is 32.0 Å². The van der Waals surface area contributed by atoms with Gasteiger partial charge in [0.1, 0.15) is 11.8 Å². The van der Waals surface area contributed by atoms with Crippen LogP contribution in [0.5, 0.6) is 5.88 Å². The number of nitrogens with one attached hydrogen (secondary N) is 1. The van der Waals surface area contributed by atoms with Crippen LogP contribution in [-0.4, -0.2) is 35.1 Å². The minimum atomic E-state index is -4.52. The number of hydrogen-bond acceptors (Lipinski definition) is 3. The van der Waals surface area contributed by atoms with Gasteiger partial charge >= 0.3 is 12.2 Å². The van der Waals surface area contributed by atoms with Crippen molar-refractivity contribution in [3.05, 3.63) is 53.2 Å². The lowest BCUT2D eigenvalue weighted by Crippen LogP contribution is -2.57. The topological polar surface area (TPSA) is 54.5 Å². The molecular weight excluding hydrogens is 347 g/mol. The monoisotopic (exact) mass is 365 g/mol. The molecule has 0 unspecified atom stereocenters. The summed E-state index contributed by atoms with van der Waals surface area (Å²) in [5, 5.41) is 2.81. The molecule has 1 fully saturated rings. The van der Waals surface area contributed by atoms with E-state index in [0.717, 1.165) is 17.2 Å². The Labute approximate surface area is 148 Å². The van der Waals surface area contributed by atoms with Crippen LogP contribution >= 0.6 is 0 Å². The molecule has 1 saturated heterocycles. The molecule has 0 aliphatic carbocycles. The number of halogens is 3. The van der Waals surface area contributed by atoms with Crippen molar-refractivity contribution in [2.45, 2.75) is 26.1 Å². The van der Waals surface area contributed by atoms with Gasteiger partial charge < -0.3 is 15.0 Å². The van der Waals surface area contributed by atoms with Crippen molar-refractivity contribution in [3.8, 4) is 5.88 Å². The second kappa shape index (κ2) is 6.86. The average molecular weight is 365 g/mol. The summed E-state index contributed by atoms with van der Waals surface area (Å²) in [4.78, 5) is 17.2. The summed E-state index contributed by atoms with van der Waals surface area (Å²) in [5.41, 5.74) is 1.79. The molecule has 1 aliphatic heterocycles. The standard InChI is InChI=1S/C18H18F3N3O2/c1-11-6-12(2)8-13(7-11)22-17(25)24-9-14(10-24)26-16-5-3-4-15(23-16)18(19,20)21/h3-8,14H,9-10H2,1-2H3,(H,22,25). The summed E-state index contributed by atoms with van der Waals surface area (Å²) in [5.74, 6) is -0.0980. The van der Waals surface area contributed by atoms with Crippen LogP contribution in [0.3, 0.4) is 0 Å². The van der Waals surface area contributed by atoms with E-state index >= 15 is 0 Å². The lowest BCUT2D eigenvalue weighted by molar-refractivity contribution is -0.141. The van der Waals surface area contributed by atoms with Gasteiger partial charge in [0.2, 0.25) is 5.88 Å². The Morgan fingerprint density at radius 1 is 1.19 bits per heavy atom. The van der Waals surface area contributed by atoms with Crippen molar-refractivity contribution in [1.29, 1.82) is 0 Å². The number of hydrogen-bond donors (Lipinski definition) is 1. The number of ether oxygens (including phenoxy) is 1. The van der Waals surface area contributed by atoms with Gasteiger partial charge in [-0.05, 0) is 43.2 Å². The molecule has 0 bridgehead atoms. The second-order valence-electron chi connectivity index (χ2n) is 6.31. The number of amides is 2. The smallest absolute Gasteiger partial charge is 0.433 e. The van der Waals surface area contributed by atoms with Crippen molar-refractivity contribution >= 4 is 11.7 Å². The van der Waals surface area contributed by atoms with Gasteiger partial charge in [-0.25, -0.2) is 9.78 Å². The maximum atomic E-state index is 12.7. The van der Waals surface area contributed by atoms with Gasteiger partial charge in [0, 0.05) is 11.8 Å². The molecule has 2 aromatic rings. The fraction of sp³-hybridized carbons (Fsp3) is 0.333. The average Bonchev–Trinajstić information content (AvgIpc) is 2.48. The Morgan fingerprint density at radius 2 is 1.85 bits per heavy atom. The number of rotatable bonds is 3. The number of nitrogens with zero attached hydrogens (tertiary/aromatic N) is 2. The lowest BCUT2D eigenvalue weighted by atomic mass is 10.1. The first-order valence-electron chi connectivity index (χ1n) is 8.06. The zero-order valence-corrected chi connectivity index (χ0v) is 14.3. The highest BCUT2D eigenvalue weighted by molar-refractivity contribution is 5.90. The summed E-state index contributed by atoms with van der Waals surface area (Å²) in [6, 6.07) is 8.97. The Hall–Kier alpha value is -2.77. The molecule has 0 saturated carbocycles. The van der Waals surface area contributed by atoms with E-state index in [9.17, 15) is 18.0 Å². The number of alkyl halides is 3. The molecule has 1 aliphatic rings. The predicted octanol–water partition coefficient (Wildman–Crippen LogP) is 4.01. The summed E-state index contributed by atoms with van der Waals surface area (Å²) in [7, 11) is 0. The maximum Gasteiger partial charge on any atom is 0.433 e. The fourth-order valence-corrected chi connectivity index (χ4v) is 2.74. The Bertz CT molecular complexity index is 797. The highest BCUT2D eigenvalue weighted by atomic mass is 19.4. The van der Waals surface area contributed by atoms with Gasteiger partial charge in [-0.15, -0.1) is 0 Å². The third-order valence-electron chi connectivity index (χ3n) is 3.91. The highest BCUT2D eigenvalue weighted by Gasteiger charge is 2.35.